The number of aliphatic hydroxyl groups excluding tert-OH is 1. The van der Waals surface area contributed by atoms with Crippen molar-refractivity contribution < 1.29 is 23.9 Å². The first-order chi connectivity index (χ1) is 15.8. The van der Waals surface area contributed by atoms with E-state index in [0.29, 0.717) is 29.4 Å². The largest absolute Gasteiger partial charge is 0.396 e. The minimum atomic E-state index is -1.36. The number of carbonyl (C=O) groups excluding carboxylic acids is 3. The van der Waals surface area contributed by atoms with Crippen LogP contribution in [0, 0.1) is 11.7 Å². The van der Waals surface area contributed by atoms with Gasteiger partial charge in [-0.3, -0.25) is 9.59 Å². The molecule has 4 amide bonds. The van der Waals surface area contributed by atoms with Crippen molar-refractivity contribution in [3.63, 3.8) is 0 Å². The lowest BCUT2D eigenvalue weighted by Gasteiger charge is -2.27. The Morgan fingerprint density at radius 1 is 1.15 bits per heavy atom. The zero-order chi connectivity index (χ0) is 23.6. The third-order valence-corrected chi connectivity index (χ3v) is 6.26. The van der Waals surface area contributed by atoms with Gasteiger partial charge in [0.2, 0.25) is 5.91 Å². The van der Waals surface area contributed by atoms with Crippen LogP contribution in [0.25, 0.3) is 0 Å². The highest BCUT2D eigenvalue weighted by atomic mass is 35.5. The molecule has 0 bridgehead atoms. The molecule has 0 aromatic heterocycles. The van der Waals surface area contributed by atoms with Crippen molar-refractivity contribution in [2.75, 3.05) is 28.7 Å². The Morgan fingerprint density at radius 3 is 2.55 bits per heavy atom. The van der Waals surface area contributed by atoms with Gasteiger partial charge in [0.05, 0.1) is 5.69 Å². The number of amides is 4. The summed E-state index contributed by atoms with van der Waals surface area (Å²) >= 11 is 5.84. The van der Waals surface area contributed by atoms with E-state index in [1.54, 1.807) is 30.3 Å². The van der Waals surface area contributed by atoms with E-state index >= 15 is 0 Å². The highest BCUT2D eigenvalue weighted by Gasteiger charge is 2.61. The maximum absolute atomic E-state index is 14.8. The Kier molecular flexibility index (Phi) is 6.53. The van der Waals surface area contributed by atoms with Crippen molar-refractivity contribution >= 4 is 46.5 Å². The van der Waals surface area contributed by atoms with Crippen LogP contribution >= 0.6 is 11.6 Å². The van der Waals surface area contributed by atoms with Crippen LogP contribution in [0.4, 0.5) is 26.2 Å². The monoisotopic (exact) mass is 474 g/mol. The molecule has 2 aromatic rings. The number of hydrogen-bond acceptors (Lipinski definition) is 4. The molecule has 1 saturated carbocycles. The molecule has 1 saturated heterocycles. The van der Waals surface area contributed by atoms with Gasteiger partial charge in [-0.1, -0.05) is 11.6 Å². The Morgan fingerprint density at radius 2 is 1.91 bits per heavy atom. The second kappa shape index (κ2) is 9.36. The van der Waals surface area contributed by atoms with Crippen LogP contribution in [0.2, 0.25) is 5.02 Å². The molecular formula is C23H24ClFN4O4. The molecule has 1 aliphatic carbocycles. The highest BCUT2D eigenvalue weighted by Crippen LogP contribution is 2.44. The maximum atomic E-state index is 14.8. The number of carbonyl (C=O) groups is 3. The molecule has 0 spiro atoms. The van der Waals surface area contributed by atoms with Gasteiger partial charge in [-0.2, -0.15) is 0 Å². The number of piperidine rings is 1. The predicted molar refractivity (Wildman–Crippen MR) is 123 cm³/mol. The summed E-state index contributed by atoms with van der Waals surface area (Å²) in [5.41, 5.74) is -0.525. The average Bonchev–Trinajstić information content (AvgIpc) is 3.51. The lowest BCUT2D eigenvalue weighted by molar-refractivity contribution is -0.120. The topological polar surface area (TPSA) is 111 Å². The van der Waals surface area contributed by atoms with Gasteiger partial charge < -0.3 is 26.0 Å². The molecule has 1 aliphatic heterocycles. The van der Waals surface area contributed by atoms with E-state index in [9.17, 15) is 23.9 Å². The van der Waals surface area contributed by atoms with Crippen molar-refractivity contribution in [1.82, 2.24) is 5.32 Å². The van der Waals surface area contributed by atoms with Crippen molar-refractivity contribution in [3.05, 3.63) is 53.3 Å². The van der Waals surface area contributed by atoms with Crippen LogP contribution in [0.1, 0.15) is 25.7 Å². The first kappa shape index (κ1) is 23.0. The summed E-state index contributed by atoms with van der Waals surface area (Å²) in [6, 6.07) is 9.97. The van der Waals surface area contributed by atoms with E-state index in [0.717, 1.165) is 12.8 Å². The maximum Gasteiger partial charge on any atom is 0.320 e. The van der Waals surface area contributed by atoms with Crippen molar-refractivity contribution in [3.8, 4) is 0 Å². The van der Waals surface area contributed by atoms with Gasteiger partial charge in [0.1, 0.15) is 11.4 Å². The van der Waals surface area contributed by atoms with Crippen molar-refractivity contribution in [2.24, 2.45) is 5.92 Å². The van der Waals surface area contributed by atoms with Crippen LogP contribution in [0.3, 0.4) is 0 Å². The van der Waals surface area contributed by atoms with E-state index in [4.69, 9.17) is 11.6 Å². The lowest BCUT2D eigenvalue weighted by atomic mass is 10.1. The van der Waals surface area contributed by atoms with Gasteiger partial charge in [0, 0.05) is 41.9 Å². The average molecular weight is 475 g/mol. The molecule has 2 aromatic carbocycles. The van der Waals surface area contributed by atoms with E-state index < -0.39 is 29.2 Å². The van der Waals surface area contributed by atoms with Gasteiger partial charge in [-0.25, -0.2) is 9.18 Å². The second-order valence-electron chi connectivity index (χ2n) is 8.26. The number of nitrogens with zero attached hydrogens (tertiary/aromatic N) is 1. The molecule has 2 unspecified atom stereocenters. The minimum Gasteiger partial charge on any atom is -0.396 e. The van der Waals surface area contributed by atoms with Crippen molar-refractivity contribution in [2.45, 2.75) is 31.2 Å². The molecule has 2 atom stereocenters. The summed E-state index contributed by atoms with van der Waals surface area (Å²) in [4.78, 5) is 39.1. The Bertz CT molecular complexity index is 1080. The second-order valence-corrected chi connectivity index (χ2v) is 8.70. The normalized spacial score (nSPS) is 22.0. The van der Waals surface area contributed by atoms with E-state index in [2.05, 4.69) is 16.0 Å². The molecule has 4 rings (SSSR count). The van der Waals surface area contributed by atoms with Gasteiger partial charge >= 0.3 is 6.03 Å². The third-order valence-electron chi connectivity index (χ3n) is 6.01. The predicted octanol–water partition coefficient (Wildman–Crippen LogP) is 3.51. The van der Waals surface area contributed by atoms with Crippen molar-refractivity contribution in [1.29, 1.82) is 0 Å². The van der Waals surface area contributed by atoms with Gasteiger partial charge in [-0.05, 0) is 61.7 Å². The fraction of sp³-hybridized carbons (Fsp3) is 0.348. The summed E-state index contributed by atoms with van der Waals surface area (Å²) in [5, 5.41) is 17.8. The first-order valence-corrected chi connectivity index (χ1v) is 11.1. The Hall–Kier alpha value is -3.17. The number of hydrogen-bond donors (Lipinski definition) is 4. The fourth-order valence-corrected chi connectivity index (χ4v) is 4.15. The number of nitrogens with one attached hydrogen (secondary N) is 3. The number of anilines is 3. The van der Waals surface area contributed by atoms with Crippen LogP contribution < -0.4 is 20.9 Å². The zero-order valence-corrected chi connectivity index (χ0v) is 18.5. The summed E-state index contributed by atoms with van der Waals surface area (Å²) in [6.07, 6.45) is 2.31. The van der Waals surface area contributed by atoms with Gasteiger partial charge in [0.25, 0.3) is 5.91 Å². The molecule has 2 aliphatic rings. The molecule has 174 valence electrons. The highest BCUT2D eigenvalue weighted by molar-refractivity contribution is 6.30. The van der Waals surface area contributed by atoms with Crippen LogP contribution in [-0.2, 0) is 9.59 Å². The lowest BCUT2D eigenvalue weighted by Crippen LogP contribution is -2.49. The molecule has 1 heterocycles. The third kappa shape index (κ3) is 4.94. The molecule has 4 N–H and O–H groups in total. The number of rotatable bonds is 6. The van der Waals surface area contributed by atoms with Gasteiger partial charge in [0.15, 0.2) is 0 Å². The number of benzene rings is 2. The van der Waals surface area contributed by atoms with Crippen LogP contribution in [-0.4, -0.2) is 41.6 Å². The Labute approximate surface area is 195 Å². The molecule has 10 heteroatoms. The molecule has 33 heavy (non-hydrogen) atoms. The van der Waals surface area contributed by atoms with E-state index in [1.165, 1.54) is 17.0 Å². The fourth-order valence-electron chi connectivity index (χ4n) is 4.02. The summed E-state index contributed by atoms with van der Waals surface area (Å²) in [5.74, 6) is -1.88. The molecule has 8 nitrogen and oxygen atoms in total. The number of urea groups is 1. The van der Waals surface area contributed by atoms with Crippen LogP contribution in [0.15, 0.2) is 42.5 Å². The molecule has 0 radical (unpaired) electrons. The van der Waals surface area contributed by atoms with Gasteiger partial charge in [-0.15, -0.1) is 0 Å². The zero-order valence-electron chi connectivity index (χ0n) is 17.7. The summed E-state index contributed by atoms with van der Waals surface area (Å²) < 4.78 is 14.8. The smallest absolute Gasteiger partial charge is 0.320 e. The molecule has 2 fully saturated rings. The summed E-state index contributed by atoms with van der Waals surface area (Å²) in [6.45, 7) is 0.213. The molecular weight excluding hydrogens is 451 g/mol. The standard InChI is InChI=1S/C23H24ClFN4O4/c24-15-4-6-16(7-5-15)26-22(33)28-23(12-14(23)13-30)21(32)27-19-9-8-17(11-18(19)25)29-10-2-1-3-20(29)31/h4-9,11,14,30H,1-3,10,12-13H2,(H,27,32)(H2,26,28,33). The quantitative estimate of drug-likeness (QED) is 0.513. The van der Waals surface area contributed by atoms with E-state index in [-0.39, 0.29) is 24.6 Å². The first-order valence-electron chi connectivity index (χ1n) is 10.7. The Balaban J connectivity index is 1.44. The minimum absolute atomic E-state index is 0.0592. The van der Waals surface area contributed by atoms with Crippen LogP contribution in [0.5, 0.6) is 0 Å². The SMILES string of the molecule is O=C(Nc1ccc(Cl)cc1)NC1(C(=O)Nc2ccc(N3CCCCC3=O)cc2F)CC1CO. The number of halogens is 2. The van der Waals surface area contributed by atoms with E-state index in [1.807, 2.05) is 0 Å². The summed E-state index contributed by atoms with van der Waals surface area (Å²) in [7, 11) is 0. The number of aliphatic hydroxyl groups is 1.